The maximum Gasteiger partial charge on any atom is 0.344 e. The van der Waals surface area contributed by atoms with Gasteiger partial charge in [-0.05, 0) is 63.1 Å². The van der Waals surface area contributed by atoms with Crippen molar-refractivity contribution >= 4 is 33.3 Å². The Bertz CT molecular complexity index is 1050. The Kier molecular flexibility index (Phi) is 7.99. The van der Waals surface area contributed by atoms with Gasteiger partial charge in [0.05, 0.1) is 9.82 Å². The molecule has 2 aromatic rings. The molecule has 2 aromatic carbocycles. The van der Waals surface area contributed by atoms with Gasteiger partial charge in [0, 0.05) is 17.6 Å². The van der Waals surface area contributed by atoms with Gasteiger partial charge in [0.25, 0.3) is 0 Å². The van der Waals surface area contributed by atoms with E-state index in [1.807, 2.05) is 0 Å². The van der Waals surface area contributed by atoms with Crippen LogP contribution in [0.5, 0.6) is 5.75 Å². The van der Waals surface area contributed by atoms with Crippen molar-refractivity contribution in [3.05, 3.63) is 63.2 Å². The van der Waals surface area contributed by atoms with E-state index in [9.17, 15) is 23.3 Å². The van der Waals surface area contributed by atoms with Crippen LogP contribution in [0.4, 0.5) is 5.69 Å². The van der Waals surface area contributed by atoms with Gasteiger partial charge in [0.15, 0.2) is 12.4 Å². The number of carbonyl (C=O) groups excluding carboxylic acids is 1. The summed E-state index contributed by atoms with van der Waals surface area (Å²) in [6.07, 6.45) is 0.208. The van der Waals surface area contributed by atoms with Crippen LogP contribution in [0, 0.1) is 10.1 Å². The molecule has 0 aliphatic rings. The lowest BCUT2D eigenvalue weighted by molar-refractivity contribution is -0.385. The largest absolute Gasteiger partial charge is 0.475 e. The van der Waals surface area contributed by atoms with E-state index >= 15 is 0 Å². The number of benzene rings is 2. The number of nitrogens with zero attached hydrogens (tertiary/aromatic N) is 1. The van der Waals surface area contributed by atoms with Crippen LogP contribution in [0.3, 0.4) is 0 Å². The third kappa shape index (κ3) is 7.82. The van der Waals surface area contributed by atoms with Crippen molar-refractivity contribution < 1.29 is 27.6 Å². The molecule has 0 aromatic heterocycles. The van der Waals surface area contributed by atoms with E-state index in [-0.39, 0.29) is 29.3 Å². The zero-order valence-corrected chi connectivity index (χ0v) is 18.8. The topological polar surface area (TPSA) is 125 Å². The molecular formula is C20H23ClN2O7S. The highest BCUT2D eigenvalue weighted by atomic mass is 35.5. The number of esters is 1. The van der Waals surface area contributed by atoms with Gasteiger partial charge >= 0.3 is 11.7 Å². The van der Waals surface area contributed by atoms with E-state index in [4.69, 9.17) is 21.1 Å². The summed E-state index contributed by atoms with van der Waals surface area (Å²) in [5.74, 6) is -0.733. The highest BCUT2D eigenvalue weighted by Crippen LogP contribution is 2.28. The fourth-order valence-corrected chi connectivity index (χ4v) is 3.68. The quantitative estimate of drug-likeness (QED) is 0.338. The number of halogens is 1. The predicted octanol–water partition coefficient (Wildman–Crippen LogP) is 3.49. The average molecular weight is 471 g/mol. The Labute approximate surface area is 185 Å². The zero-order chi connectivity index (χ0) is 23.2. The highest BCUT2D eigenvalue weighted by Gasteiger charge is 2.21. The minimum atomic E-state index is -3.73. The molecule has 1 N–H and O–H groups in total. The zero-order valence-electron chi connectivity index (χ0n) is 17.3. The Morgan fingerprint density at radius 1 is 1.16 bits per heavy atom. The maximum absolute atomic E-state index is 12.3. The normalized spacial score (nSPS) is 11.7. The summed E-state index contributed by atoms with van der Waals surface area (Å²) in [4.78, 5) is 22.6. The summed E-state index contributed by atoms with van der Waals surface area (Å²) in [6.45, 7) is 4.65. The lowest BCUT2D eigenvalue weighted by Gasteiger charge is -2.19. The minimum Gasteiger partial charge on any atom is -0.475 e. The first-order valence-electron chi connectivity index (χ1n) is 9.24. The number of nitro benzene ring substituents is 1. The smallest absolute Gasteiger partial charge is 0.344 e. The molecule has 0 unspecified atom stereocenters. The Hall–Kier alpha value is -2.69. The van der Waals surface area contributed by atoms with Crippen molar-refractivity contribution in [1.29, 1.82) is 0 Å². The molecule has 0 heterocycles. The van der Waals surface area contributed by atoms with Crippen molar-refractivity contribution in [2.24, 2.45) is 0 Å². The van der Waals surface area contributed by atoms with Crippen LogP contribution in [0.2, 0.25) is 5.02 Å². The Balaban J connectivity index is 2.01. The third-order valence-electron chi connectivity index (χ3n) is 3.82. The second-order valence-corrected chi connectivity index (χ2v) is 9.74. The van der Waals surface area contributed by atoms with Gasteiger partial charge in [-0.15, -0.1) is 0 Å². The highest BCUT2D eigenvalue weighted by molar-refractivity contribution is 7.89. The summed E-state index contributed by atoms with van der Waals surface area (Å²) in [7, 11) is -3.73. The summed E-state index contributed by atoms with van der Waals surface area (Å²) in [5.41, 5.74) is -0.507. The molecule has 0 aliphatic heterocycles. The summed E-state index contributed by atoms with van der Waals surface area (Å²) in [5, 5.41) is 11.8. The molecule has 0 aliphatic carbocycles. The molecule has 0 atom stereocenters. The van der Waals surface area contributed by atoms with Crippen LogP contribution in [0.1, 0.15) is 26.3 Å². The molecule has 168 valence electrons. The second kappa shape index (κ2) is 10.1. The molecule has 2 rings (SSSR count). The number of ether oxygens (including phenoxy) is 2. The van der Waals surface area contributed by atoms with Gasteiger partial charge < -0.3 is 9.47 Å². The number of nitro groups is 1. The number of nitrogens with one attached hydrogen (secondary N) is 1. The molecule has 0 spiro atoms. The molecule has 0 saturated carbocycles. The van der Waals surface area contributed by atoms with E-state index < -0.39 is 33.1 Å². The number of sulfonamides is 1. The Morgan fingerprint density at radius 2 is 1.81 bits per heavy atom. The van der Waals surface area contributed by atoms with Gasteiger partial charge in [-0.3, -0.25) is 10.1 Å². The van der Waals surface area contributed by atoms with E-state index in [1.165, 1.54) is 36.4 Å². The van der Waals surface area contributed by atoms with Gasteiger partial charge in [0.2, 0.25) is 10.0 Å². The summed E-state index contributed by atoms with van der Waals surface area (Å²) < 4.78 is 37.4. The predicted molar refractivity (Wildman–Crippen MR) is 115 cm³/mol. The van der Waals surface area contributed by atoms with Crippen LogP contribution in [-0.4, -0.2) is 38.1 Å². The number of hydrogen-bond acceptors (Lipinski definition) is 7. The van der Waals surface area contributed by atoms with Crippen LogP contribution in [0.15, 0.2) is 47.4 Å². The first-order valence-corrected chi connectivity index (χ1v) is 11.1. The summed E-state index contributed by atoms with van der Waals surface area (Å²) >= 11 is 5.76. The van der Waals surface area contributed by atoms with E-state index in [2.05, 4.69) is 4.72 Å². The average Bonchev–Trinajstić information content (AvgIpc) is 2.65. The van der Waals surface area contributed by atoms with Crippen LogP contribution in [-0.2, 0) is 26.0 Å². The second-order valence-electron chi connectivity index (χ2n) is 7.54. The fourth-order valence-electron chi connectivity index (χ4n) is 2.52. The SMILES string of the molecule is CC(C)(C)OC(=O)COc1ccc(CCNS(=O)(=O)c2ccc(Cl)cc2)cc1[N+](=O)[O-]. The van der Waals surface area contributed by atoms with Gasteiger partial charge in [0.1, 0.15) is 5.60 Å². The molecule has 11 heteroatoms. The van der Waals surface area contributed by atoms with E-state index in [1.54, 1.807) is 26.8 Å². The van der Waals surface area contributed by atoms with Crippen molar-refractivity contribution in [2.45, 2.75) is 37.7 Å². The van der Waals surface area contributed by atoms with E-state index in [0.29, 0.717) is 10.6 Å². The van der Waals surface area contributed by atoms with Crippen LogP contribution < -0.4 is 9.46 Å². The summed E-state index contributed by atoms with van der Waals surface area (Å²) in [6, 6.07) is 9.91. The molecule has 31 heavy (non-hydrogen) atoms. The minimum absolute atomic E-state index is 0.0280. The van der Waals surface area contributed by atoms with Crippen molar-refractivity contribution in [3.63, 3.8) is 0 Å². The molecule has 9 nitrogen and oxygen atoms in total. The van der Waals surface area contributed by atoms with E-state index in [0.717, 1.165) is 0 Å². The van der Waals surface area contributed by atoms with Crippen molar-refractivity contribution in [3.8, 4) is 5.75 Å². The molecule has 0 amide bonds. The standard InChI is InChI=1S/C20H23ClN2O7S/c1-20(2,3)30-19(24)13-29-18-9-4-14(12-17(18)23(25)26)10-11-22-31(27,28)16-7-5-15(21)6-8-16/h4-9,12,22H,10-11,13H2,1-3H3. The lowest BCUT2D eigenvalue weighted by atomic mass is 10.1. The number of hydrogen-bond donors (Lipinski definition) is 1. The van der Waals surface area contributed by atoms with Gasteiger partial charge in [-0.25, -0.2) is 17.9 Å². The van der Waals surface area contributed by atoms with Crippen molar-refractivity contribution in [1.82, 2.24) is 4.72 Å². The third-order valence-corrected chi connectivity index (χ3v) is 5.54. The van der Waals surface area contributed by atoms with Crippen molar-refractivity contribution in [2.75, 3.05) is 13.2 Å². The first kappa shape index (κ1) is 24.6. The maximum atomic E-state index is 12.3. The van der Waals surface area contributed by atoms with Crippen LogP contribution in [0.25, 0.3) is 0 Å². The molecule has 0 fully saturated rings. The molecule has 0 saturated heterocycles. The fraction of sp³-hybridized carbons (Fsp3) is 0.350. The van der Waals surface area contributed by atoms with Gasteiger partial charge in [-0.1, -0.05) is 17.7 Å². The molecule has 0 bridgehead atoms. The lowest BCUT2D eigenvalue weighted by Crippen LogP contribution is -2.27. The van der Waals surface area contributed by atoms with Gasteiger partial charge in [-0.2, -0.15) is 0 Å². The molecular weight excluding hydrogens is 448 g/mol. The molecule has 0 radical (unpaired) electrons. The Morgan fingerprint density at radius 3 is 2.39 bits per heavy atom. The number of carbonyl (C=O) groups is 1. The monoisotopic (exact) mass is 470 g/mol. The first-order chi connectivity index (χ1) is 14.4. The number of rotatable bonds is 9. The van der Waals surface area contributed by atoms with Crippen LogP contribution >= 0.6 is 11.6 Å².